The number of aromatic hydroxyl groups is 1. The minimum atomic E-state index is -0.607. The van der Waals surface area contributed by atoms with Crippen molar-refractivity contribution in [2.75, 3.05) is 6.61 Å². The van der Waals surface area contributed by atoms with Gasteiger partial charge >= 0.3 is 11.9 Å². The molecule has 0 radical (unpaired) electrons. The van der Waals surface area contributed by atoms with Gasteiger partial charge in [-0.1, -0.05) is 27.2 Å². The van der Waals surface area contributed by atoms with Crippen molar-refractivity contribution in [3.63, 3.8) is 0 Å². The van der Waals surface area contributed by atoms with Crippen molar-refractivity contribution in [2.24, 2.45) is 17.8 Å². The van der Waals surface area contributed by atoms with Gasteiger partial charge in [0.05, 0.1) is 5.56 Å². The van der Waals surface area contributed by atoms with Gasteiger partial charge in [-0.25, -0.2) is 9.59 Å². The van der Waals surface area contributed by atoms with Gasteiger partial charge in [-0.3, -0.25) is 0 Å². The normalized spacial score (nSPS) is 23.8. The van der Waals surface area contributed by atoms with Gasteiger partial charge < -0.3 is 14.6 Å². The zero-order chi connectivity index (χ0) is 17.7. The van der Waals surface area contributed by atoms with E-state index < -0.39 is 18.5 Å². The maximum absolute atomic E-state index is 12.0. The average molecular weight is 334 g/mol. The minimum Gasteiger partial charge on any atom is -0.508 e. The second-order valence-electron chi connectivity index (χ2n) is 6.98. The van der Waals surface area contributed by atoms with Crippen LogP contribution >= 0.6 is 0 Å². The van der Waals surface area contributed by atoms with Crippen LogP contribution in [0.1, 0.15) is 50.4 Å². The third-order valence-electron chi connectivity index (χ3n) is 4.67. The first-order valence-corrected chi connectivity index (χ1v) is 8.52. The highest BCUT2D eigenvalue weighted by Gasteiger charge is 2.33. The largest absolute Gasteiger partial charge is 0.508 e. The first-order valence-electron chi connectivity index (χ1n) is 8.52. The summed E-state index contributed by atoms with van der Waals surface area (Å²) in [6.45, 7) is 6.07. The summed E-state index contributed by atoms with van der Waals surface area (Å²) in [6, 6.07) is 5.68. The van der Waals surface area contributed by atoms with Crippen LogP contribution in [0.4, 0.5) is 0 Å². The first-order chi connectivity index (χ1) is 11.4. The lowest BCUT2D eigenvalue weighted by Crippen LogP contribution is -2.36. The van der Waals surface area contributed by atoms with Gasteiger partial charge in [0.2, 0.25) is 0 Å². The van der Waals surface area contributed by atoms with Gasteiger partial charge in [0.1, 0.15) is 11.9 Å². The zero-order valence-corrected chi connectivity index (χ0v) is 14.5. The number of rotatable bonds is 5. The van der Waals surface area contributed by atoms with Crippen LogP contribution in [-0.2, 0) is 14.3 Å². The standard InChI is InChI=1S/C19H26O5/c1-12(2)16-9-4-13(3)10-17(16)24-18(21)11-23-19(22)14-5-7-15(20)8-6-14/h5-8,12-13,16-17,20H,4,9-11H2,1-3H3/t13-,16+,17-/m1/s1. The Kier molecular flexibility index (Phi) is 6.23. The van der Waals surface area contributed by atoms with Crippen molar-refractivity contribution in [2.45, 2.75) is 46.1 Å². The minimum absolute atomic E-state index is 0.0668. The maximum Gasteiger partial charge on any atom is 0.344 e. The van der Waals surface area contributed by atoms with E-state index in [1.165, 1.54) is 24.3 Å². The van der Waals surface area contributed by atoms with E-state index in [0.717, 1.165) is 19.3 Å². The van der Waals surface area contributed by atoms with Gasteiger partial charge in [-0.05, 0) is 54.9 Å². The third-order valence-corrected chi connectivity index (χ3v) is 4.67. The number of esters is 2. The Morgan fingerprint density at radius 3 is 2.50 bits per heavy atom. The van der Waals surface area contributed by atoms with E-state index in [1.54, 1.807) is 0 Å². The van der Waals surface area contributed by atoms with Crippen LogP contribution in [0.5, 0.6) is 5.75 Å². The van der Waals surface area contributed by atoms with E-state index >= 15 is 0 Å². The molecular formula is C19H26O5. The van der Waals surface area contributed by atoms with Crippen molar-refractivity contribution >= 4 is 11.9 Å². The molecule has 0 spiro atoms. The van der Waals surface area contributed by atoms with E-state index in [-0.39, 0.29) is 17.4 Å². The summed E-state index contributed by atoms with van der Waals surface area (Å²) >= 11 is 0. The second kappa shape index (κ2) is 8.18. The number of ether oxygens (including phenoxy) is 2. The Hall–Kier alpha value is -2.04. The smallest absolute Gasteiger partial charge is 0.344 e. The molecule has 1 saturated carbocycles. The fourth-order valence-corrected chi connectivity index (χ4v) is 3.26. The Morgan fingerprint density at radius 2 is 1.88 bits per heavy atom. The fraction of sp³-hybridized carbons (Fsp3) is 0.579. The molecule has 1 aliphatic carbocycles. The van der Waals surface area contributed by atoms with Crippen LogP contribution in [0.15, 0.2) is 24.3 Å². The molecule has 0 amide bonds. The van der Waals surface area contributed by atoms with Crippen LogP contribution in [0, 0.1) is 17.8 Å². The highest BCUT2D eigenvalue weighted by atomic mass is 16.6. The Labute approximate surface area is 143 Å². The molecule has 0 aromatic heterocycles. The third kappa shape index (κ3) is 4.98. The van der Waals surface area contributed by atoms with Crippen molar-refractivity contribution in [1.29, 1.82) is 0 Å². The topological polar surface area (TPSA) is 72.8 Å². The summed E-state index contributed by atoms with van der Waals surface area (Å²) in [5.41, 5.74) is 0.284. The number of hydrogen-bond donors (Lipinski definition) is 1. The molecule has 132 valence electrons. The molecule has 0 aliphatic heterocycles. The summed E-state index contributed by atoms with van der Waals surface area (Å²) in [4.78, 5) is 23.9. The van der Waals surface area contributed by atoms with Crippen molar-refractivity contribution < 1.29 is 24.2 Å². The Morgan fingerprint density at radius 1 is 1.21 bits per heavy atom. The van der Waals surface area contributed by atoms with Crippen molar-refractivity contribution in [1.82, 2.24) is 0 Å². The summed E-state index contributed by atoms with van der Waals surface area (Å²) in [7, 11) is 0. The van der Waals surface area contributed by atoms with Gasteiger partial charge in [0, 0.05) is 0 Å². The zero-order valence-electron chi connectivity index (χ0n) is 14.5. The molecule has 0 saturated heterocycles. The van der Waals surface area contributed by atoms with Crippen LogP contribution in [0.2, 0.25) is 0 Å². The Balaban J connectivity index is 1.85. The molecule has 5 heteroatoms. The predicted octanol–water partition coefficient (Wildman–Crippen LogP) is 3.55. The molecule has 1 aromatic rings. The quantitative estimate of drug-likeness (QED) is 0.834. The van der Waals surface area contributed by atoms with E-state index in [2.05, 4.69) is 20.8 Å². The maximum atomic E-state index is 12.0. The van der Waals surface area contributed by atoms with E-state index in [4.69, 9.17) is 9.47 Å². The van der Waals surface area contributed by atoms with Gasteiger partial charge in [-0.2, -0.15) is 0 Å². The molecule has 0 bridgehead atoms. The van der Waals surface area contributed by atoms with Gasteiger partial charge in [0.25, 0.3) is 0 Å². The molecule has 1 N–H and O–H groups in total. The summed E-state index contributed by atoms with van der Waals surface area (Å²) in [5, 5.41) is 9.20. The van der Waals surface area contributed by atoms with Crippen molar-refractivity contribution in [3.8, 4) is 5.75 Å². The molecule has 24 heavy (non-hydrogen) atoms. The lowest BCUT2D eigenvalue weighted by Gasteiger charge is -2.36. The number of carbonyl (C=O) groups excluding carboxylic acids is 2. The molecule has 2 rings (SSSR count). The van der Waals surface area contributed by atoms with Crippen LogP contribution in [0.25, 0.3) is 0 Å². The summed E-state index contributed by atoms with van der Waals surface area (Å²) in [6.07, 6.45) is 2.98. The predicted molar refractivity (Wildman–Crippen MR) is 89.6 cm³/mol. The number of carbonyl (C=O) groups is 2. The molecule has 3 atom stereocenters. The summed E-state index contributed by atoms with van der Waals surface area (Å²) < 4.78 is 10.6. The average Bonchev–Trinajstić information content (AvgIpc) is 2.53. The fourth-order valence-electron chi connectivity index (χ4n) is 3.26. The number of phenols is 1. The van der Waals surface area contributed by atoms with E-state index in [1.807, 2.05) is 0 Å². The SMILES string of the molecule is CC(C)[C@@H]1CC[C@@H](C)C[C@H]1OC(=O)COC(=O)c1ccc(O)cc1. The highest BCUT2D eigenvalue weighted by Crippen LogP contribution is 2.35. The Bertz CT molecular complexity index is 564. The lowest BCUT2D eigenvalue weighted by atomic mass is 9.75. The molecule has 0 heterocycles. The molecule has 0 unspecified atom stereocenters. The monoisotopic (exact) mass is 334 g/mol. The number of benzene rings is 1. The van der Waals surface area contributed by atoms with Crippen LogP contribution in [-0.4, -0.2) is 29.8 Å². The summed E-state index contributed by atoms with van der Waals surface area (Å²) in [5.74, 6) is 0.304. The molecule has 1 aromatic carbocycles. The van der Waals surface area contributed by atoms with Crippen LogP contribution in [0.3, 0.4) is 0 Å². The second-order valence-corrected chi connectivity index (χ2v) is 6.98. The van der Waals surface area contributed by atoms with Crippen LogP contribution < -0.4 is 0 Å². The molecule has 5 nitrogen and oxygen atoms in total. The van der Waals surface area contributed by atoms with Gasteiger partial charge in [-0.15, -0.1) is 0 Å². The van der Waals surface area contributed by atoms with E-state index in [0.29, 0.717) is 17.8 Å². The number of hydrogen-bond acceptors (Lipinski definition) is 5. The van der Waals surface area contributed by atoms with Crippen molar-refractivity contribution in [3.05, 3.63) is 29.8 Å². The van der Waals surface area contributed by atoms with E-state index in [9.17, 15) is 14.7 Å². The molecule has 1 aliphatic rings. The molecule has 1 fully saturated rings. The first kappa shape index (κ1) is 18.3. The highest BCUT2D eigenvalue weighted by molar-refractivity contribution is 5.90. The molecular weight excluding hydrogens is 308 g/mol. The lowest BCUT2D eigenvalue weighted by molar-refractivity contribution is -0.159. The van der Waals surface area contributed by atoms with Gasteiger partial charge in [0.15, 0.2) is 6.61 Å². The number of phenolic OH excluding ortho intramolecular Hbond substituents is 1.